The summed E-state index contributed by atoms with van der Waals surface area (Å²) in [5.74, 6) is -1.33. The van der Waals surface area contributed by atoms with E-state index < -0.39 is 11.8 Å². The Morgan fingerprint density at radius 1 is 1.23 bits per heavy atom. The van der Waals surface area contributed by atoms with Gasteiger partial charge in [0.25, 0.3) is 0 Å². The molecule has 0 bridgehead atoms. The van der Waals surface area contributed by atoms with Gasteiger partial charge in [-0.05, 0) is 25.7 Å². The highest BCUT2D eigenvalue weighted by atomic mass is 32.1. The summed E-state index contributed by atoms with van der Waals surface area (Å²) >= 11 is 3.72. The lowest BCUT2D eigenvalue weighted by atomic mass is 9.98. The molecule has 1 aliphatic rings. The second-order valence-electron chi connectivity index (χ2n) is 3.25. The number of ketones is 1. The van der Waals surface area contributed by atoms with E-state index in [0.29, 0.717) is 0 Å². The van der Waals surface area contributed by atoms with Gasteiger partial charge in [-0.2, -0.15) is 12.6 Å². The fourth-order valence-corrected chi connectivity index (χ4v) is 1.59. The fourth-order valence-electron chi connectivity index (χ4n) is 1.46. The van der Waals surface area contributed by atoms with Crippen LogP contribution in [0.1, 0.15) is 32.1 Å². The van der Waals surface area contributed by atoms with Gasteiger partial charge >= 0.3 is 5.97 Å². The molecular weight excluding hydrogens is 188 g/mol. The Hall–Kier alpha value is -0.510. The third kappa shape index (κ3) is 3.38. The SMILES string of the molecule is O=C(CS)C(=O)OC1CCCCC1. The molecule has 1 rings (SSSR count). The van der Waals surface area contributed by atoms with Crippen LogP contribution in [0, 0.1) is 0 Å². The maximum Gasteiger partial charge on any atom is 0.375 e. The second kappa shape index (κ2) is 5.27. The van der Waals surface area contributed by atoms with E-state index in [1.54, 1.807) is 0 Å². The molecule has 13 heavy (non-hydrogen) atoms. The van der Waals surface area contributed by atoms with Gasteiger partial charge in [-0.25, -0.2) is 4.79 Å². The van der Waals surface area contributed by atoms with Gasteiger partial charge in [0, 0.05) is 0 Å². The van der Waals surface area contributed by atoms with Crippen LogP contribution in [0.5, 0.6) is 0 Å². The molecule has 3 nitrogen and oxygen atoms in total. The standard InChI is InChI=1S/C9H14O3S/c10-8(6-13)9(11)12-7-4-2-1-3-5-7/h7,13H,1-6H2. The second-order valence-corrected chi connectivity index (χ2v) is 3.56. The quantitative estimate of drug-likeness (QED) is 0.427. The maximum atomic E-state index is 11.0. The Morgan fingerprint density at radius 2 is 1.85 bits per heavy atom. The normalized spacial score (nSPS) is 18.2. The minimum atomic E-state index is -0.720. The van der Waals surface area contributed by atoms with Crippen molar-refractivity contribution in [2.45, 2.75) is 38.2 Å². The summed E-state index contributed by atoms with van der Waals surface area (Å²) in [6, 6.07) is 0. The number of carbonyl (C=O) groups excluding carboxylic acids is 2. The van der Waals surface area contributed by atoms with Crippen LogP contribution in [0.4, 0.5) is 0 Å². The molecular formula is C9H14O3S. The van der Waals surface area contributed by atoms with E-state index in [2.05, 4.69) is 12.6 Å². The number of hydrogen-bond donors (Lipinski definition) is 1. The Kier molecular flexibility index (Phi) is 4.28. The van der Waals surface area contributed by atoms with E-state index in [4.69, 9.17) is 4.74 Å². The van der Waals surface area contributed by atoms with Crippen LogP contribution in [-0.2, 0) is 14.3 Å². The monoisotopic (exact) mass is 202 g/mol. The predicted molar refractivity (Wildman–Crippen MR) is 51.8 cm³/mol. The highest BCUT2D eigenvalue weighted by Crippen LogP contribution is 2.20. The van der Waals surface area contributed by atoms with Crippen LogP contribution >= 0.6 is 12.6 Å². The molecule has 74 valence electrons. The molecule has 0 aromatic carbocycles. The van der Waals surface area contributed by atoms with Crippen molar-refractivity contribution in [3.8, 4) is 0 Å². The first-order chi connectivity index (χ1) is 6.24. The van der Waals surface area contributed by atoms with Gasteiger partial charge in [0.2, 0.25) is 5.78 Å². The summed E-state index contributed by atoms with van der Waals surface area (Å²) in [6.07, 6.45) is 5.14. The summed E-state index contributed by atoms with van der Waals surface area (Å²) in [7, 11) is 0. The van der Waals surface area contributed by atoms with Crippen molar-refractivity contribution < 1.29 is 14.3 Å². The van der Waals surface area contributed by atoms with E-state index >= 15 is 0 Å². The van der Waals surface area contributed by atoms with E-state index in [1.807, 2.05) is 0 Å². The molecule has 0 radical (unpaired) electrons. The number of esters is 1. The van der Waals surface area contributed by atoms with Crippen LogP contribution in [0.2, 0.25) is 0 Å². The highest BCUT2D eigenvalue weighted by molar-refractivity contribution is 7.81. The van der Waals surface area contributed by atoms with Gasteiger partial charge < -0.3 is 4.74 Å². The van der Waals surface area contributed by atoms with Crippen molar-refractivity contribution in [2.24, 2.45) is 0 Å². The van der Waals surface area contributed by atoms with Crippen molar-refractivity contribution >= 4 is 24.4 Å². The smallest absolute Gasteiger partial charge is 0.375 e. The minimum Gasteiger partial charge on any atom is -0.457 e. The predicted octanol–water partition coefficient (Wildman–Crippen LogP) is 1.36. The molecule has 0 aromatic rings. The molecule has 4 heteroatoms. The average Bonchev–Trinajstić information content (AvgIpc) is 2.18. The molecule has 1 fully saturated rings. The van der Waals surface area contributed by atoms with E-state index in [1.165, 1.54) is 6.42 Å². The summed E-state index contributed by atoms with van der Waals surface area (Å²) in [5.41, 5.74) is 0. The fraction of sp³-hybridized carbons (Fsp3) is 0.778. The van der Waals surface area contributed by atoms with E-state index in [-0.39, 0.29) is 11.9 Å². The van der Waals surface area contributed by atoms with Crippen molar-refractivity contribution in [1.82, 2.24) is 0 Å². The molecule has 0 heterocycles. The van der Waals surface area contributed by atoms with Crippen LogP contribution in [-0.4, -0.2) is 23.6 Å². The van der Waals surface area contributed by atoms with Crippen LogP contribution in [0.15, 0.2) is 0 Å². The summed E-state index contributed by atoms with van der Waals surface area (Å²) in [4.78, 5) is 21.9. The summed E-state index contributed by atoms with van der Waals surface area (Å²) in [5, 5.41) is 0. The third-order valence-corrected chi connectivity index (χ3v) is 2.48. The number of rotatable bonds is 3. The number of Topliss-reactive ketones (excluding diaryl/α,β-unsaturated/α-hetero) is 1. The first kappa shape index (κ1) is 10.6. The largest absolute Gasteiger partial charge is 0.457 e. The summed E-state index contributed by atoms with van der Waals surface area (Å²) < 4.78 is 5.01. The first-order valence-corrected chi connectivity index (χ1v) is 5.22. The van der Waals surface area contributed by atoms with Gasteiger partial charge in [-0.1, -0.05) is 6.42 Å². The molecule has 1 aliphatic carbocycles. The molecule has 0 saturated heterocycles. The number of carbonyl (C=O) groups is 2. The Morgan fingerprint density at radius 3 is 2.38 bits per heavy atom. The highest BCUT2D eigenvalue weighted by Gasteiger charge is 2.21. The average molecular weight is 202 g/mol. The molecule has 0 aromatic heterocycles. The molecule has 0 unspecified atom stereocenters. The molecule has 0 spiro atoms. The lowest BCUT2D eigenvalue weighted by Gasteiger charge is -2.21. The van der Waals surface area contributed by atoms with Gasteiger partial charge in [-0.15, -0.1) is 0 Å². The van der Waals surface area contributed by atoms with E-state index in [0.717, 1.165) is 25.7 Å². The molecule has 0 amide bonds. The summed E-state index contributed by atoms with van der Waals surface area (Å²) in [6.45, 7) is 0. The maximum absolute atomic E-state index is 11.0. The van der Waals surface area contributed by atoms with Gasteiger partial charge in [0.1, 0.15) is 6.10 Å². The van der Waals surface area contributed by atoms with Crippen molar-refractivity contribution in [2.75, 3.05) is 5.75 Å². The number of ether oxygens (including phenoxy) is 1. The van der Waals surface area contributed by atoms with Crippen molar-refractivity contribution in [1.29, 1.82) is 0 Å². The van der Waals surface area contributed by atoms with Crippen LogP contribution < -0.4 is 0 Å². The lowest BCUT2D eigenvalue weighted by Crippen LogP contribution is -2.26. The van der Waals surface area contributed by atoms with Gasteiger partial charge in [0.05, 0.1) is 5.75 Å². The number of hydrogen-bond acceptors (Lipinski definition) is 4. The van der Waals surface area contributed by atoms with E-state index in [9.17, 15) is 9.59 Å². The minimum absolute atomic E-state index is 0.0370. The zero-order valence-electron chi connectivity index (χ0n) is 7.49. The molecule has 1 saturated carbocycles. The van der Waals surface area contributed by atoms with Crippen LogP contribution in [0.25, 0.3) is 0 Å². The Bertz CT molecular complexity index is 197. The van der Waals surface area contributed by atoms with Gasteiger partial charge in [0.15, 0.2) is 0 Å². The molecule has 0 atom stereocenters. The Labute approximate surface area is 83.2 Å². The third-order valence-electron chi connectivity index (χ3n) is 2.20. The Balaban J connectivity index is 2.30. The van der Waals surface area contributed by atoms with Crippen LogP contribution in [0.3, 0.4) is 0 Å². The number of thiol groups is 1. The van der Waals surface area contributed by atoms with Crippen molar-refractivity contribution in [3.63, 3.8) is 0 Å². The van der Waals surface area contributed by atoms with Gasteiger partial charge in [-0.3, -0.25) is 4.79 Å². The topological polar surface area (TPSA) is 43.4 Å². The zero-order valence-corrected chi connectivity index (χ0v) is 8.39. The zero-order chi connectivity index (χ0) is 9.68. The lowest BCUT2D eigenvalue weighted by molar-refractivity contribution is -0.157. The van der Waals surface area contributed by atoms with Crippen molar-refractivity contribution in [3.05, 3.63) is 0 Å². The first-order valence-electron chi connectivity index (χ1n) is 4.58. The molecule has 0 aliphatic heterocycles. The molecule has 0 N–H and O–H groups in total.